The van der Waals surface area contributed by atoms with Gasteiger partial charge in [0.15, 0.2) is 0 Å². The summed E-state index contributed by atoms with van der Waals surface area (Å²) in [5.41, 5.74) is 5.67. The van der Waals surface area contributed by atoms with E-state index in [-0.39, 0.29) is 0 Å². The van der Waals surface area contributed by atoms with E-state index >= 15 is 0 Å². The molecule has 0 aromatic heterocycles. The van der Waals surface area contributed by atoms with Crippen LogP contribution in [-0.2, 0) is 13.0 Å². The molecule has 0 spiro atoms. The molecule has 1 fully saturated rings. The summed E-state index contributed by atoms with van der Waals surface area (Å²) in [6, 6.07) is 15.1. The first-order valence-electron chi connectivity index (χ1n) is 8.56. The molecule has 4 rings (SSSR count). The van der Waals surface area contributed by atoms with Crippen LogP contribution in [0.15, 0.2) is 42.5 Å². The zero-order valence-corrected chi connectivity index (χ0v) is 13.5. The Bertz CT molecular complexity index is 668. The van der Waals surface area contributed by atoms with Gasteiger partial charge in [-0.1, -0.05) is 56.3 Å². The lowest BCUT2D eigenvalue weighted by Gasteiger charge is -2.34. The van der Waals surface area contributed by atoms with Crippen molar-refractivity contribution < 1.29 is 4.74 Å². The molecule has 0 N–H and O–H groups in total. The van der Waals surface area contributed by atoms with Gasteiger partial charge in [0, 0.05) is 5.56 Å². The summed E-state index contributed by atoms with van der Waals surface area (Å²) < 4.78 is 6.36. The van der Waals surface area contributed by atoms with E-state index in [1.807, 2.05) is 0 Å². The van der Waals surface area contributed by atoms with E-state index in [0.29, 0.717) is 12.5 Å². The number of ether oxygens (including phenoxy) is 1. The quantitative estimate of drug-likeness (QED) is 0.713. The normalized spacial score (nSPS) is 19.7. The van der Waals surface area contributed by atoms with E-state index in [4.69, 9.17) is 4.74 Å². The second-order valence-corrected chi connectivity index (χ2v) is 7.13. The summed E-state index contributed by atoms with van der Waals surface area (Å²) >= 11 is 0. The minimum Gasteiger partial charge on any atom is -0.488 e. The Morgan fingerprint density at radius 3 is 2.50 bits per heavy atom. The maximum Gasteiger partial charge on any atom is 0.127 e. The van der Waals surface area contributed by atoms with Gasteiger partial charge >= 0.3 is 0 Å². The average molecular weight is 292 g/mol. The molecule has 114 valence electrons. The number of benzene rings is 2. The van der Waals surface area contributed by atoms with Crippen molar-refractivity contribution >= 4 is 0 Å². The average Bonchev–Trinajstić information content (AvgIpc) is 3.31. The van der Waals surface area contributed by atoms with Gasteiger partial charge < -0.3 is 4.74 Å². The Morgan fingerprint density at radius 1 is 1.05 bits per heavy atom. The van der Waals surface area contributed by atoms with E-state index in [2.05, 4.69) is 56.3 Å². The SMILES string of the molecule is CC(C)c1ccc2c(c1OCc1ccccc1)C(C1CC1)C2. The van der Waals surface area contributed by atoms with Crippen LogP contribution in [0.4, 0.5) is 0 Å². The molecule has 1 saturated carbocycles. The molecule has 0 radical (unpaired) electrons. The lowest BCUT2D eigenvalue weighted by molar-refractivity contribution is 0.290. The maximum absolute atomic E-state index is 6.36. The molecule has 0 aliphatic heterocycles. The standard InChI is InChI=1S/C21H24O/c1-14(2)18-11-10-17-12-19(16-8-9-16)20(17)21(18)22-13-15-6-4-3-5-7-15/h3-7,10-11,14,16,19H,8-9,12-13H2,1-2H3. The summed E-state index contributed by atoms with van der Waals surface area (Å²) in [5.74, 6) is 3.39. The van der Waals surface area contributed by atoms with Crippen LogP contribution in [0, 0.1) is 5.92 Å². The fourth-order valence-corrected chi connectivity index (χ4v) is 3.70. The van der Waals surface area contributed by atoms with E-state index < -0.39 is 0 Å². The zero-order chi connectivity index (χ0) is 15.1. The first kappa shape index (κ1) is 13.9. The summed E-state index contributed by atoms with van der Waals surface area (Å²) in [6.07, 6.45) is 4.09. The van der Waals surface area contributed by atoms with E-state index in [1.54, 1.807) is 0 Å². The first-order chi connectivity index (χ1) is 10.7. The summed E-state index contributed by atoms with van der Waals surface area (Å²) in [7, 11) is 0. The molecular formula is C21H24O. The van der Waals surface area contributed by atoms with Crippen LogP contribution in [-0.4, -0.2) is 0 Å². The number of hydrogen-bond acceptors (Lipinski definition) is 1. The molecule has 1 unspecified atom stereocenters. The molecule has 1 atom stereocenters. The monoisotopic (exact) mass is 292 g/mol. The molecule has 1 heteroatoms. The van der Waals surface area contributed by atoms with Crippen molar-refractivity contribution in [3.8, 4) is 5.75 Å². The largest absolute Gasteiger partial charge is 0.488 e. The van der Waals surface area contributed by atoms with Crippen LogP contribution in [0.1, 0.15) is 60.8 Å². The molecule has 22 heavy (non-hydrogen) atoms. The van der Waals surface area contributed by atoms with Crippen molar-refractivity contribution in [1.82, 2.24) is 0 Å². The van der Waals surface area contributed by atoms with Crippen LogP contribution in [0.3, 0.4) is 0 Å². The Labute approximate surface area is 133 Å². The lowest BCUT2D eigenvalue weighted by atomic mass is 9.72. The molecular weight excluding hydrogens is 268 g/mol. The van der Waals surface area contributed by atoms with Crippen LogP contribution in [0.25, 0.3) is 0 Å². The third-order valence-corrected chi connectivity index (χ3v) is 5.17. The van der Waals surface area contributed by atoms with E-state index in [1.165, 1.54) is 47.3 Å². The highest BCUT2D eigenvalue weighted by Gasteiger charge is 2.41. The predicted molar refractivity (Wildman–Crippen MR) is 90.5 cm³/mol. The van der Waals surface area contributed by atoms with Crippen molar-refractivity contribution in [3.63, 3.8) is 0 Å². The third kappa shape index (κ3) is 2.43. The third-order valence-electron chi connectivity index (χ3n) is 5.17. The highest BCUT2D eigenvalue weighted by Crippen LogP contribution is 2.55. The molecule has 2 aromatic rings. The van der Waals surface area contributed by atoms with Gasteiger partial charge in [-0.15, -0.1) is 0 Å². The Hall–Kier alpha value is -1.76. The summed E-state index contributed by atoms with van der Waals surface area (Å²) in [4.78, 5) is 0. The fourth-order valence-electron chi connectivity index (χ4n) is 3.70. The van der Waals surface area contributed by atoms with Gasteiger partial charge in [0.05, 0.1) is 0 Å². The molecule has 0 heterocycles. The Balaban J connectivity index is 1.65. The summed E-state index contributed by atoms with van der Waals surface area (Å²) in [5, 5.41) is 0. The topological polar surface area (TPSA) is 9.23 Å². The van der Waals surface area contributed by atoms with Crippen molar-refractivity contribution in [1.29, 1.82) is 0 Å². The minimum atomic E-state index is 0.511. The smallest absolute Gasteiger partial charge is 0.127 e. The van der Waals surface area contributed by atoms with E-state index in [0.717, 1.165) is 11.8 Å². The van der Waals surface area contributed by atoms with Gasteiger partial charge in [-0.05, 0) is 53.7 Å². The fraction of sp³-hybridized carbons (Fsp3) is 0.429. The summed E-state index contributed by atoms with van der Waals surface area (Å²) in [6.45, 7) is 5.21. The highest BCUT2D eigenvalue weighted by molar-refractivity contribution is 5.56. The van der Waals surface area contributed by atoms with Crippen LogP contribution in [0.2, 0.25) is 0 Å². The predicted octanol–water partition coefficient (Wildman–Crippen LogP) is 5.44. The highest BCUT2D eigenvalue weighted by atomic mass is 16.5. The van der Waals surface area contributed by atoms with E-state index in [9.17, 15) is 0 Å². The van der Waals surface area contributed by atoms with Crippen molar-refractivity contribution in [3.05, 3.63) is 64.7 Å². The van der Waals surface area contributed by atoms with Crippen molar-refractivity contribution in [2.24, 2.45) is 5.92 Å². The number of rotatable bonds is 5. The second-order valence-electron chi connectivity index (χ2n) is 7.13. The Kier molecular flexibility index (Phi) is 3.44. The van der Waals surface area contributed by atoms with Crippen LogP contribution < -0.4 is 4.74 Å². The molecule has 0 bridgehead atoms. The molecule has 2 aliphatic rings. The lowest BCUT2D eigenvalue weighted by Crippen LogP contribution is -2.21. The Morgan fingerprint density at radius 2 is 1.82 bits per heavy atom. The minimum absolute atomic E-state index is 0.511. The van der Waals surface area contributed by atoms with Gasteiger partial charge in [-0.3, -0.25) is 0 Å². The number of hydrogen-bond donors (Lipinski definition) is 0. The van der Waals surface area contributed by atoms with Gasteiger partial charge in [-0.25, -0.2) is 0 Å². The van der Waals surface area contributed by atoms with Crippen molar-refractivity contribution in [2.75, 3.05) is 0 Å². The van der Waals surface area contributed by atoms with Gasteiger partial charge in [-0.2, -0.15) is 0 Å². The first-order valence-corrected chi connectivity index (χ1v) is 8.56. The number of fused-ring (bicyclic) bond motifs is 1. The molecule has 2 aliphatic carbocycles. The van der Waals surface area contributed by atoms with Gasteiger partial charge in [0.2, 0.25) is 0 Å². The molecule has 2 aromatic carbocycles. The second kappa shape index (κ2) is 5.46. The molecule has 0 amide bonds. The van der Waals surface area contributed by atoms with Crippen molar-refractivity contribution in [2.45, 2.75) is 51.6 Å². The van der Waals surface area contributed by atoms with Crippen LogP contribution in [0.5, 0.6) is 5.75 Å². The van der Waals surface area contributed by atoms with Crippen LogP contribution >= 0.6 is 0 Å². The van der Waals surface area contributed by atoms with Gasteiger partial charge in [0.1, 0.15) is 12.4 Å². The van der Waals surface area contributed by atoms with Gasteiger partial charge in [0.25, 0.3) is 0 Å². The zero-order valence-electron chi connectivity index (χ0n) is 13.5. The molecule has 1 nitrogen and oxygen atoms in total. The molecule has 0 saturated heterocycles. The maximum atomic E-state index is 6.36.